The van der Waals surface area contributed by atoms with Gasteiger partial charge in [0.05, 0.1) is 22.1 Å². The summed E-state index contributed by atoms with van der Waals surface area (Å²) in [6, 6.07) is 13.3. The first-order chi connectivity index (χ1) is 16.3. The minimum Gasteiger partial charge on any atom is -0.490 e. The van der Waals surface area contributed by atoms with Crippen LogP contribution in [0.25, 0.3) is 6.08 Å². The number of imide groups is 1. The lowest BCUT2D eigenvalue weighted by molar-refractivity contribution is -0.150. The Morgan fingerprint density at radius 2 is 1.88 bits per heavy atom. The van der Waals surface area contributed by atoms with Gasteiger partial charge in [-0.1, -0.05) is 37.3 Å². The number of carbonyl (C=O) groups excluding carboxylic acids is 3. The van der Waals surface area contributed by atoms with E-state index >= 15 is 0 Å². The molecule has 1 aliphatic heterocycles. The zero-order valence-corrected chi connectivity index (χ0v) is 21.6. The monoisotopic (exact) mass is 547 g/mol. The van der Waals surface area contributed by atoms with Gasteiger partial charge < -0.3 is 14.2 Å². The fourth-order valence-corrected chi connectivity index (χ4v) is 4.48. The lowest BCUT2D eigenvalue weighted by Gasteiger charge is -2.15. The number of benzene rings is 2. The van der Waals surface area contributed by atoms with E-state index in [1.807, 2.05) is 44.2 Å². The predicted octanol–water partition coefficient (Wildman–Crippen LogP) is 5.80. The fourth-order valence-electron chi connectivity index (χ4n) is 3.07. The first-order valence-corrected chi connectivity index (χ1v) is 12.5. The Bertz CT molecular complexity index is 1090. The van der Waals surface area contributed by atoms with Gasteiger partial charge in [-0.3, -0.25) is 19.3 Å². The molecular weight excluding hydrogens is 522 g/mol. The zero-order chi connectivity index (χ0) is 24.7. The molecule has 9 heteroatoms. The highest BCUT2D eigenvalue weighted by atomic mass is 79.9. The predicted molar refractivity (Wildman–Crippen MR) is 135 cm³/mol. The summed E-state index contributed by atoms with van der Waals surface area (Å²) in [4.78, 5) is 38.3. The smallest absolute Gasteiger partial charge is 0.326 e. The summed E-state index contributed by atoms with van der Waals surface area (Å²) in [5.74, 6) is -0.0899. The van der Waals surface area contributed by atoms with Crippen LogP contribution >= 0.6 is 27.7 Å². The van der Waals surface area contributed by atoms with Crippen molar-refractivity contribution in [2.24, 2.45) is 0 Å². The van der Waals surface area contributed by atoms with Crippen LogP contribution in [0.5, 0.6) is 11.5 Å². The molecule has 1 fully saturated rings. The van der Waals surface area contributed by atoms with Crippen molar-refractivity contribution >= 4 is 50.9 Å². The molecule has 3 rings (SSSR count). The van der Waals surface area contributed by atoms with Crippen molar-refractivity contribution in [1.29, 1.82) is 0 Å². The van der Waals surface area contributed by atoms with Crippen LogP contribution in [0.4, 0.5) is 4.79 Å². The molecule has 180 valence electrons. The SMILES string of the molecule is CCOc1cc(/C=C2/SC(=O)N(CC(=O)O[C@H](C)CC)C2=O)cc(Br)c1OCc1ccccc1. The third-order valence-electron chi connectivity index (χ3n) is 4.92. The lowest BCUT2D eigenvalue weighted by atomic mass is 10.1. The Morgan fingerprint density at radius 3 is 2.56 bits per heavy atom. The van der Waals surface area contributed by atoms with Crippen molar-refractivity contribution in [3.05, 3.63) is 63.0 Å². The van der Waals surface area contributed by atoms with E-state index in [0.29, 0.717) is 41.2 Å². The van der Waals surface area contributed by atoms with Crippen LogP contribution in [-0.2, 0) is 20.9 Å². The lowest BCUT2D eigenvalue weighted by Crippen LogP contribution is -2.35. The second-order valence-corrected chi connectivity index (χ2v) is 9.36. The molecule has 0 spiro atoms. The third kappa shape index (κ3) is 6.64. The molecule has 1 atom stereocenters. The maximum Gasteiger partial charge on any atom is 0.326 e. The van der Waals surface area contributed by atoms with Gasteiger partial charge in [0.25, 0.3) is 11.1 Å². The highest BCUT2D eigenvalue weighted by Crippen LogP contribution is 2.39. The molecule has 7 nitrogen and oxygen atoms in total. The van der Waals surface area contributed by atoms with Crippen LogP contribution in [0.3, 0.4) is 0 Å². The van der Waals surface area contributed by atoms with E-state index in [1.54, 1.807) is 25.1 Å². The maximum atomic E-state index is 12.8. The molecule has 0 unspecified atom stereocenters. The van der Waals surface area contributed by atoms with Crippen molar-refractivity contribution in [3.8, 4) is 11.5 Å². The third-order valence-corrected chi connectivity index (χ3v) is 6.42. The average molecular weight is 548 g/mol. The van der Waals surface area contributed by atoms with E-state index in [-0.39, 0.29) is 11.0 Å². The van der Waals surface area contributed by atoms with Gasteiger partial charge in [-0.15, -0.1) is 0 Å². The van der Waals surface area contributed by atoms with Gasteiger partial charge in [0.2, 0.25) is 0 Å². The number of amides is 2. The van der Waals surface area contributed by atoms with Gasteiger partial charge in [-0.05, 0) is 77.3 Å². The summed E-state index contributed by atoms with van der Waals surface area (Å²) in [5, 5.41) is -0.510. The Morgan fingerprint density at radius 1 is 1.15 bits per heavy atom. The standard InChI is InChI=1S/C25H26BrNO6S/c1-4-16(3)33-22(28)14-27-24(29)21(34-25(27)30)13-18-11-19(26)23(20(12-18)31-5-2)32-15-17-9-7-6-8-10-17/h6-13,16H,4-5,14-15H2,1-3H3/b21-13+/t16-/m1/s1. The summed E-state index contributed by atoms with van der Waals surface area (Å²) < 4.78 is 17.6. The van der Waals surface area contributed by atoms with E-state index in [4.69, 9.17) is 14.2 Å². The summed E-state index contributed by atoms with van der Waals surface area (Å²) in [5.41, 5.74) is 1.66. The van der Waals surface area contributed by atoms with Crippen LogP contribution in [0.15, 0.2) is 51.8 Å². The number of nitrogens with zero attached hydrogens (tertiary/aromatic N) is 1. The van der Waals surface area contributed by atoms with Gasteiger partial charge in [-0.2, -0.15) is 0 Å². The van der Waals surface area contributed by atoms with E-state index in [9.17, 15) is 14.4 Å². The molecular formula is C25H26BrNO6S. The molecule has 34 heavy (non-hydrogen) atoms. The van der Waals surface area contributed by atoms with Crippen LogP contribution in [-0.4, -0.2) is 41.3 Å². The molecule has 1 heterocycles. The summed E-state index contributed by atoms with van der Waals surface area (Å²) in [7, 11) is 0. The number of ether oxygens (including phenoxy) is 3. The van der Waals surface area contributed by atoms with Gasteiger partial charge in [0, 0.05) is 0 Å². The summed E-state index contributed by atoms with van der Waals surface area (Å²) in [6.45, 7) is 5.88. The highest BCUT2D eigenvalue weighted by molar-refractivity contribution is 9.10. The van der Waals surface area contributed by atoms with Crippen molar-refractivity contribution in [1.82, 2.24) is 4.90 Å². The molecule has 0 bridgehead atoms. The topological polar surface area (TPSA) is 82.1 Å². The van der Waals surface area contributed by atoms with E-state index in [1.165, 1.54) is 0 Å². The molecule has 0 saturated carbocycles. The van der Waals surface area contributed by atoms with Crippen LogP contribution in [0, 0.1) is 0 Å². The molecule has 2 aromatic carbocycles. The van der Waals surface area contributed by atoms with Gasteiger partial charge >= 0.3 is 5.97 Å². The Kier molecular flexibility index (Phi) is 9.18. The average Bonchev–Trinajstić information content (AvgIpc) is 3.06. The van der Waals surface area contributed by atoms with Crippen molar-refractivity contribution in [3.63, 3.8) is 0 Å². The minimum atomic E-state index is -0.612. The largest absolute Gasteiger partial charge is 0.490 e. The van der Waals surface area contributed by atoms with Crippen molar-refractivity contribution in [2.45, 2.75) is 39.9 Å². The van der Waals surface area contributed by atoms with E-state index in [0.717, 1.165) is 22.2 Å². The molecule has 2 amide bonds. The molecule has 1 saturated heterocycles. The highest BCUT2D eigenvalue weighted by Gasteiger charge is 2.37. The van der Waals surface area contributed by atoms with Crippen molar-refractivity contribution < 1.29 is 28.6 Å². The minimum absolute atomic E-state index is 0.216. The van der Waals surface area contributed by atoms with Crippen molar-refractivity contribution in [2.75, 3.05) is 13.2 Å². The summed E-state index contributed by atoms with van der Waals surface area (Å²) in [6.07, 6.45) is 1.97. The van der Waals surface area contributed by atoms with E-state index in [2.05, 4.69) is 15.9 Å². The van der Waals surface area contributed by atoms with Crippen LogP contribution in [0.1, 0.15) is 38.3 Å². The van der Waals surface area contributed by atoms with Crippen LogP contribution in [0.2, 0.25) is 0 Å². The second kappa shape index (κ2) is 12.1. The first kappa shape index (κ1) is 25.8. The zero-order valence-electron chi connectivity index (χ0n) is 19.2. The molecule has 0 radical (unpaired) electrons. The molecule has 0 N–H and O–H groups in total. The summed E-state index contributed by atoms with van der Waals surface area (Å²) >= 11 is 4.31. The quantitative estimate of drug-likeness (QED) is 0.274. The Labute approximate surface area is 211 Å². The Hall–Kier alpha value is -2.78. The number of esters is 1. The molecule has 1 aliphatic rings. The van der Waals surface area contributed by atoms with E-state index < -0.39 is 23.7 Å². The normalized spacial score (nSPS) is 15.5. The number of thioether (sulfide) groups is 1. The fraction of sp³-hybridized carbons (Fsp3) is 0.320. The number of hydrogen-bond acceptors (Lipinski definition) is 7. The second-order valence-electron chi connectivity index (χ2n) is 7.51. The molecule has 2 aromatic rings. The first-order valence-electron chi connectivity index (χ1n) is 10.9. The number of halogens is 1. The molecule has 0 aromatic heterocycles. The number of rotatable bonds is 10. The Balaban J connectivity index is 1.78. The van der Waals surface area contributed by atoms with Gasteiger partial charge in [0.15, 0.2) is 11.5 Å². The maximum absolute atomic E-state index is 12.8. The number of hydrogen-bond donors (Lipinski definition) is 0. The van der Waals surface area contributed by atoms with Gasteiger partial charge in [-0.25, -0.2) is 0 Å². The van der Waals surface area contributed by atoms with Crippen LogP contribution < -0.4 is 9.47 Å². The van der Waals surface area contributed by atoms with Gasteiger partial charge in [0.1, 0.15) is 13.2 Å². The molecule has 0 aliphatic carbocycles. The number of carbonyl (C=O) groups is 3.